The summed E-state index contributed by atoms with van der Waals surface area (Å²) in [5, 5.41) is 8.51. The Morgan fingerprint density at radius 1 is 1.79 bits per heavy atom. The number of alkyl halides is 2. The van der Waals surface area contributed by atoms with Crippen molar-refractivity contribution in [2.45, 2.75) is 31.7 Å². The van der Waals surface area contributed by atoms with Crippen LogP contribution in [0, 0.1) is 5.92 Å². The smallest absolute Gasteiger partial charge is 0.303 e. The Morgan fingerprint density at radius 2 is 2.36 bits per heavy atom. The molecule has 1 aliphatic heterocycles. The first-order valence-corrected chi connectivity index (χ1v) is 4.68. The van der Waals surface area contributed by atoms with E-state index in [9.17, 15) is 13.6 Å². The molecule has 0 bridgehead atoms. The number of hydrogen-bond donors (Lipinski definition) is 1. The molecule has 1 aliphatic rings. The first kappa shape index (κ1) is 11.7. The lowest BCUT2D eigenvalue weighted by Gasteiger charge is -2.21. The van der Waals surface area contributed by atoms with E-state index < -0.39 is 24.5 Å². The van der Waals surface area contributed by atoms with Gasteiger partial charge in [-0.3, -0.25) is 4.79 Å². The molecule has 6 heteroatoms. The van der Waals surface area contributed by atoms with Crippen LogP contribution in [-0.4, -0.2) is 34.0 Å². The molecule has 82 valence electrons. The molecule has 0 radical (unpaired) electrons. The van der Waals surface area contributed by atoms with Crippen LogP contribution in [0.2, 0.25) is 0 Å². The molecule has 1 N–H and O–H groups in total. The molecule has 1 rings (SSSR count). The maximum absolute atomic E-state index is 12.9. The zero-order valence-electron chi connectivity index (χ0n) is 7.71. The topological polar surface area (TPSA) is 40.5 Å². The maximum atomic E-state index is 12.9. The van der Waals surface area contributed by atoms with Gasteiger partial charge in [0.05, 0.1) is 6.54 Å². The van der Waals surface area contributed by atoms with E-state index >= 15 is 0 Å². The molecule has 3 nitrogen and oxygen atoms in total. The van der Waals surface area contributed by atoms with Gasteiger partial charge < -0.3 is 5.11 Å². The van der Waals surface area contributed by atoms with Gasteiger partial charge in [0, 0.05) is 18.9 Å². The standard InChI is InChI=1S/C8H12ClF2NO2/c1-5(2-7(13)14)6-3-8(10,11)4-12(6)9/h5-6H,2-4H2,1H3,(H,13,14)/t5?,6-/m1/s1. The normalized spacial score (nSPS) is 29.0. The Kier molecular flexibility index (Phi) is 3.32. The summed E-state index contributed by atoms with van der Waals surface area (Å²) in [6.45, 7) is 1.12. The highest BCUT2D eigenvalue weighted by molar-refractivity contribution is 6.13. The van der Waals surface area contributed by atoms with Crippen LogP contribution in [0.1, 0.15) is 19.8 Å². The molecule has 2 atom stereocenters. The van der Waals surface area contributed by atoms with Gasteiger partial charge in [-0.15, -0.1) is 0 Å². The molecule has 0 saturated carbocycles. The molecule has 1 fully saturated rings. The lowest BCUT2D eigenvalue weighted by molar-refractivity contribution is -0.138. The zero-order chi connectivity index (χ0) is 10.9. The summed E-state index contributed by atoms with van der Waals surface area (Å²) in [6, 6.07) is -0.553. The van der Waals surface area contributed by atoms with E-state index in [1.54, 1.807) is 6.92 Å². The van der Waals surface area contributed by atoms with Crippen molar-refractivity contribution in [1.29, 1.82) is 0 Å². The average molecular weight is 228 g/mol. The monoisotopic (exact) mass is 227 g/mol. The van der Waals surface area contributed by atoms with Gasteiger partial charge >= 0.3 is 5.97 Å². The lowest BCUT2D eigenvalue weighted by Crippen LogP contribution is -2.28. The number of carboxylic acids is 1. The Balaban J connectivity index is 2.57. The van der Waals surface area contributed by atoms with Gasteiger partial charge in [0.2, 0.25) is 0 Å². The Morgan fingerprint density at radius 3 is 2.71 bits per heavy atom. The summed E-state index contributed by atoms with van der Waals surface area (Å²) in [6.07, 6.45) is -0.491. The summed E-state index contributed by atoms with van der Waals surface area (Å²) >= 11 is 5.60. The zero-order valence-corrected chi connectivity index (χ0v) is 8.47. The Bertz CT molecular complexity index is 237. The Labute approximate surface area is 85.7 Å². The van der Waals surface area contributed by atoms with E-state index in [2.05, 4.69) is 0 Å². The molecule has 1 unspecified atom stereocenters. The minimum absolute atomic E-state index is 0.135. The summed E-state index contributed by atoms with van der Waals surface area (Å²) in [5.74, 6) is -4.14. The quantitative estimate of drug-likeness (QED) is 0.750. The van der Waals surface area contributed by atoms with Gasteiger partial charge in [-0.1, -0.05) is 6.92 Å². The van der Waals surface area contributed by atoms with E-state index in [0.29, 0.717) is 0 Å². The number of aliphatic carboxylic acids is 1. The number of hydrogen-bond acceptors (Lipinski definition) is 2. The van der Waals surface area contributed by atoms with Crippen molar-refractivity contribution in [2.24, 2.45) is 5.92 Å². The summed E-state index contributed by atoms with van der Waals surface area (Å²) in [5.41, 5.74) is 0. The molecule has 1 saturated heterocycles. The number of carboxylic acid groups (broad SMARTS) is 1. The van der Waals surface area contributed by atoms with E-state index in [1.165, 1.54) is 0 Å². The fourth-order valence-electron chi connectivity index (χ4n) is 1.70. The molecule has 0 aliphatic carbocycles. The third kappa shape index (κ3) is 2.78. The lowest BCUT2D eigenvalue weighted by atomic mass is 9.96. The van der Waals surface area contributed by atoms with Gasteiger partial charge in [-0.25, -0.2) is 13.2 Å². The second-order valence-electron chi connectivity index (χ2n) is 3.76. The molecule has 14 heavy (non-hydrogen) atoms. The number of carbonyl (C=O) groups is 1. The van der Waals surface area contributed by atoms with E-state index in [0.717, 1.165) is 4.42 Å². The van der Waals surface area contributed by atoms with Crippen LogP contribution in [0.4, 0.5) is 8.78 Å². The summed E-state index contributed by atoms with van der Waals surface area (Å²) in [7, 11) is 0. The molecule has 0 spiro atoms. The first-order chi connectivity index (χ1) is 6.32. The van der Waals surface area contributed by atoms with E-state index in [-0.39, 0.29) is 18.8 Å². The van der Waals surface area contributed by atoms with E-state index in [1.807, 2.05) is 0 Å². The van der Waals surface area contributed by atoms with Crippen LogP contribution in [0.25, 0.3) is 0 Å². The molecule has 0 aromatic rings. The highest BCUT2D eigenvalue weighted by Gasteiger charge is 2.46. The maximum Gasteiger partial charge on any atom is 0.303 e. The predicted octanol–water partition coefficient (Wildman–Crippen LogP) is 1.96. The van der Waals surface area contributed by atoms with Crippen LogP contribution < -0.4 is 0 Å². The molecule has 0 aromatic heterocycles. The molecular weight excluding hydrogens is 216 g/mol. The van der Waals surface area contributed by atoms with Gasteiger partial charge in [0.1, 0.15) is 0 Å². The largest absolute Gasteiger partial charge is 0.481 e. The van der Waals surface area contributed by atoms with Gasteiger partial charge in [0.25, 0.3) is 5.92 Å². The molecule has 0 amide bonds. The minimum atomic E-state index is -2.79. The van der Waals surface area contributed by atoms with Crippen molar-refractivity contribution in [2.75, 3.05) is 6.54 Å². The van der Waals surface area contributed by atoms with Crippen LogP contribution in [-0.2, 0) is 4.79 Å². The SMILES string of the molecule is CC(CC(=O)O)[C@H]1CC(F)(F)CN1Cl. The highest BCUT2D eigenvalue weighted by Crippen LogP contribution is 2.37. The predicted molar refractivity (Wildman–Crippen MR) is 47.3 cm³/mol. The Hall–Kier alpha value is -0.420. The van der Waals surface area contributed by atoms with Crippen molar-refractivity contribution in [3.8, 4) is 0 Å². The third-order valence-corrected chi connectivity index (χ3v) is 2.77. The molecule has 1 heterocycles. The van der Waals surface area contributed by atoms with Crippen molar-refractivity contribution in [3.63, 3.8) is 0 Å². The second kappa shape index (κ2) is 3.98. The summed E-state index contributed by atoms with van der Waals surface area (Å²) in [4.78, 5) is 10.4. The first-order valence-electron chi connectivity index (χ1n) is 4.34. The number of nitrogens with zero attached hydrogens (tertiary/aromatic N) is 1. The molecule has 0 aromatic carbocycles. The van der Waals surface area contributed by atoms with Crippen LogP contribution in [0.15, 0.2) is 0 Å². The second-order valence-corrected chi connectivity index (χ2v) is 4.19. The van der Waals surface area contributed by atoms with Gasteiger partial charge in [-0.05, 0) is 17.7 Å². The van der Waals surface area contributed by atoms with Crippen molar-refractivity contribution in [1.82, 2.24) is 4.42 Å². The van der Waals surface area contributed by atoms with Crippen LogP contribution in [0.3, 0.4) is 0 Å². The van der Waals surface area contributed by atoms with Crippen LogP contribution >= 0.6 is 11.8 Å². The van der Waals surface area contributed by atoms with Crippen LogP contribution in [0.5, 0.6) is 0 Å². The molecular formula is C8H12ClF2NO2. The van der Waals surface area contributed by atoms with Crippen molar-refractivity contribution >= 4 is 17.7 Å². The third-order valence-electron chi connectivity index (χ3n) is 2.40. The fraction of sp³-hybridized carbons (Fsp3) is 0.875. The number of halogens is 3. The van der Waals surface area contributed by atoms with Gasteiger partial charge in [0.15, 0.2) is 0 Å². The number of rotatable bonds is 3. The minimum Gasteiger partial charge on any atom is -0.481 e. The van der Waals surface area contributed by atoms with Crippen molar-refractivity contribution in [3.05, 3.63) is 0 Å². The summed E-state index contributed by atoms with van der Waals surface area (Å²) < 4.78 is 26.8. The van der Waals surface area contributed by atoms with E-state index in [4.69, 9.17) is 16.9 Å². The van der Waals surface area contributed by atoms with Crippen molar-refractivity contribution < 1.29 is 18.7 Å². The van der Waals surface area contributed by atoms with Gasteiger partial charge in [-0.2, -0.15) is 0 Å². The fourth-order valence-corrected chi connectivity index (χ4v) is 2.13. The average Bonchev–Trinajstić information content (AvgIpc) is 2.23. The highest BCUT2D eigenvalue weighted by atomic mass is 35.5.